The van der Waals surface area contributed by atoms with Crippen molar-refractivity contribution in [2.75, 3.05) is 4.90 Å². The third-order valence-electron chi connectivity index (χ3n) is 5.25. The lowest BCUT2D eigenvalue weighted by Crippen LogP contribution is -2.41. The molecular formula is C22H29N. The fourth-order valence-electron chi connectivity index (χ4n) is 3.96. The molecule has 2 aromatic rings. The molecule has 1 heterocycles. The number of anilines is 1. The number of rotatable bonds is 6. The maximum absolute atomic E-state index is 2.70. The summed E-state index contributed by atoms with van der Waals surface area (Å²) in [5.41, 5.74) is 4.39. The molecule has 2 atom stereocenters. The first-order valence-corrected chi connectivity index (χ1v) is 9.22. The highest BCUT2D eigenvalue weighted by Gasteiger charge is 2.29. The van der Waals surface area contributed by atoms with Gasteiger partial charge in [-0.15, -0.1) is 0 Å². The first kappa shape index (κ1) is 16.1. The first-order chi connectivity index (χ1) is 11.3. The van der Waals surface area contributed by atoms with E-state index in [9.17, 15) is 0 Å². The van der Waals surface area contributed by atoms with Gasteiger partial charge in [0, 0.05) is 11.7 Å². The maximum atomic E-state index is 2.70. The molecule has 0 fully saturated rings. The highest BCUT2D eigenvalue weighted by atomic mass is 15.2. The Balaban J connectivity index is 1.89. The summed E-state index contributed by atoms with van der Waals surface area (Å²) in [5.74, 6) is 0. The summed E-state index contributed by atoms with van der Waals surface area (Å²) >= 11 is 0. The van der Waals surface area contributed by atoms with Crippen LogP contribution in [-0.2, 0) is 6.42 Å². The molecule has 2 aromatic carbocycles. The summed E-state index contributed by atoms with van der Waals surface area (Å²) in [7, 11) is 0. The Morgan fingerprint density at radius 3 is 2.52 bits per heavy atom. The molecule has 0 bridgehead atoms. The minimum absolute atomic E-state index is 0.435. The standard InChI is InChI=1S/C22H29N/c1-3-4-6-14-21-17-16-20-13-9-10-15-22(20)23(21)18(2)19-11-7-5-8-12-19/h5,7-13,15,18,21H,3-4,6,14,16-17H2,1-2H3/t18-,21-/m0/s1. The lowest BCUT2D eigenvalue weighted by atomic mass is 9.90. The minimum atomic E-state index is 0.435. The fraction of sp³-hybridized carbons (Fsp3) is 0.455. The molecule has 0 amide bonds. The van der Waals surface area contributed by atoms with Crippen LogP contribution in [0, 0.1) is 0 Å². The van der Waals surface area contributed by atoms with Crippen molar-refractivity contribution < 1.29 is 0 Å². The molecule has 1 aliphatic heterocycles. The van der Waals surface area contributed by atoms with Crippen LogP contribution in [0.3, 0.4) is 0 Å². The monoisotopic (exact) mass is 307 g/mol. The number of fused-ring (bicyclic) bond motifs is 1. The molecule has 3 rings (SSSR count). The molecule has 1 aliphatic rings. The van der Waals surface area contributed by atoms with Gasteiger partial charge < -0.3 is 4.90 Å². The largest absolute Gasteiger partial charge is 0.362 e. The number of para-hydroxylation sites is 1. The molecule has 0 spiro atoms. The summed E-state index contributed by atoms with van der Waals surface area (Å²) in [5, 5.41) is 0. The Labute approximate surface area is 141 Å². The van der Waals surface area contributed by atoms with Crippen molar-refractivity contribution in [3.8, 4) is 0 Å². The molecule has 0 radical (unpaired) electrons. The predicted molar refractivity (Wildman–Crippen MR) is 100 cm³/mol. The number of benzene rings is 2. The molecule has 1 nitrogen and oxygen atoms in total. The van der Waals surface area contributed by atoms with Gasteiger partial charge in [-0.05, 0) is 43.4 Å². The van der Waals surface area contributed by atoms with Gasteiger partial charge in [0.1, 0.15) is 0 Å². The van der Waals surface area contributed by atoms with Gasteiger partial charge in [-0.25, -0.2) is 0 Å². The van der Waals surface area contributed by atoms with Gasteiger partial charge >= 0.3 is 0 Å². The van der Waals surface area contributed by atoms with E-state index < -0.39 is 0 Å². The van der Waals surface area contributed by atoms with Crippen LogP contribution < -0.4 is 4.90 Å². The zero-order valence-electron chi connectivity index (χ0n) is 14.5. The quantitative estimate of drug-likeness (QED) is 0.579. The van der Waals surface area contributed by atoms with Crippen molar-refractivity contribution in [2.45, 2.75) is 64.5 Å². The number of unbranched alkanes of at least 4 members (excludes halogenated alkanes) is 2. The molecular weight excluding hydrogens is 278 g/mol. The van der Waals surface area contributed by atoms with Crippen LogP contribution in [0.2, 0.25) is 0 Å². The maximum Gasteiger partial charge on any atom is 0.0517 e. The van der Waals surface area contributed by atoms with Crippen molar-refractivity contribution in [2.24, 2.45) is 0 Å². The van der Waals surface area contributed by atoms with E-state index in [2.05, 4.69) is 73.3 Å². The van der Waals surface area contributed by atoms with E-state index in [4.69, 9.17) is 0 Å². The van der Waals surface area contributed by atoms with Gasteiger partial charge in [0.15, 0.2) is 0 Å². The SMILES string of the molecule is CCCCC[C@H]1CCc2ccccc2N1[C@@H](C)c1ccccc1. The van der Waals surface area contributed by atoms with Crippen LogP contribution in [0.1, 0.15) is 63.1 Å². The van der Waals surface area contributed by atoms with Crippen LogP contribution in [0.5, 0.6) is 0 Å². The Hall–Kier alpha value is -1.76. The van der Waals surface area contributed by atoms with E-state index in [0.717, 1.165) is 0 Å². The van der Waals surface area contributed by atoms with Crippen molar-refractivity contribution in [3.05, 3.63) is 65.7 Å². The number of hydrogen-bond donors (Lipinski definition) is 0. The second-order valence-electron chi connectivity index (χ2n) is 6.81. The summed E-state index contributed by atoms with van der Waals surface area (Å²) in [4.78, 5) is 2.70. The van der Waals surface area contributed by atoms with E-state index in [1.165, 1.54) is 55.3 Å². The lowest BCUT2D eigenvalue weighted by Gasteiger charge is -2.43. The van der Waals surface area contributed by atoms with Gasteiger partial charge in [-0.3, -0.25) is 0 Å². The summed E-state index contributed by atoms with van der Waals surface area (Å²) < 4.78 is 0. The second kappa shape index (κ2) is 7.68. The summed E-state index contributed by atoms with van der Waals surface area (Å²) in [6.07, 6.45) is 7.84. The first-order valence-electron chi connectivity index (χ1n) is 9.22. The molecule has 0 aliphatic carbocycles. The third-order valence-corrected chi connectivity index (χ3v) is 5.25. The van der Waals surface area contributed by atoms with Crippen LogP contribution in [0.4, 0.5) is 5.69 Å². The Bertz CT molecular complexity index is 604. The molecule has 0 N–H and O–H groups in total. The van der Waals surface area contributed by atoms with Gasteiger partial charge in [-0.1, -0.05) is 74.7 Å². The lowest BCUT2D eigenvalue weighted by molar-refractivity contribution is 0.442. The summed E-state index contributed by atoms with van der Waals surface area (Å²) in [6.45, 7) is 4.66. The van der Waals surface area contributed by atoms with Crippen molar-refractivity contribution in [1.29, 1.82) is 0 Å². The van der Waals surface area contributed by atoms with Crippen molar-refractivity contribution >= 4 is 5.69 Å². The van der Waals surface area contributed by atoms with Gasteiger partial charge in [0.2, 0.25) is 0 Å². The van der Waals surface area contributed by atoms with E-state index in [1.54, 1.807) is 0 Å². The molecule has 0 saturated heterocycles. The number of nitrogens with zero attached hydrogens (tertiary/aromatic N) is 1. The minimum Gasteiger partial charge on any atom is -0.362 e. The van der Waals surface area contributed by atoms with Crippen LogP contribution in [-0.4, -0.2) is 6.04 Å². The molecule has 0 saturated carbocycles. The average molecular weight is 307 g/mol. The molecule has 1 heteroatoms. The summed E-state index contributed by atoms with van der Waals surface area (Å²) in [6, 6.07) is 21.1. The highest BCUT2D eigenvalue weighted by molar-refractivity contribution is 5.58. The zero-order chi connectivity index (χ0) is 16.1. The van der Waals surface area contributed by atoms with E-state index in [1.807, 2.05) is 0 Å². The van der Waals surface area contributed by atoms with E-state index >= 15 is 0 Å². The molecule has 0 aromatic heterocycles. The normalized spacial score (nSPS) is 18.5. The van der Waals surface area contributed by atoms with Gasteiger partial charge in [0.05, 0.1) is 6.04 Å². The third kappa shape index (κ3) is 3.60. The predicted octanol–water partition coefficient (Wildman–Crippen LogP) is 6.15. The van der Waals surface area contributed by atoms with Crippen LogP contribution in [0.25, 0.3) is 0 Å². The molecule has 23 heavy (non-hydrogen) atoms. The zero-order valence-corrected chi connectivity index (χ0v) is 14.5. The van der Waals surface area contributed by atoms with Crippen molar-refractivity contribution in [1.82, 2.24) is 0 Å². The number of aryl methyl sites for hydroxylation is 1. The fourth-order valence-corrected chi connectivity index (χ4v) is 3.96. The van der Waals surface area contributed by atoms with Gasteiger partial charge in [-0.2, -0.15) is 0 Å². The Morgan fingerprint density at radius 2 is 1.74 bits per heavy atom. The van der Waals surface area contributed by atoms with Crippen LogP contribution >= 0.6 is 0 Å². The van der Waals surface area contributed by atoms with E-state index in [-0.39, 0.29) is 0 Å². The van der Waals surface area contributed by atoms with Crippen molar-refractivity contribution in [3.63, 3.8) is 0 Å². The average Bonchev–Trinajstić information content (AvgIpc) is 2.62. The molecule has 0 unspecified atom stereocenters. The smallest absolute Gasteiger partial charge is 0.0517 e. The van der Waals surface area contributed by atoms with Gasteiger partial charge in [0.25, 0.3) is 0 Å². The Kier molecular flexibility index (Phi) is 5.38. The highest BCUT2D eigenvalue weighted by Crippen LogP contribution is 2.38. The molecule has 122 valence electrons. The topological polar surface area (TPSA) is 3.24 Å². The Morgan fingerprint density at radius 1 is 1.00 bits per heavy atom. The number of hydrogen-bond acceptors (Lipinski definition) is 1. The van der Waals surface area contributed by atoms with E-state index in [0.29, 0.717) is 12.1 Å². The second-order valence-corrected chi connectivity index (χ2v) is 6.81. The van der Waals surface area contributed by atoms with Crippen LogP contribution in [0.15, 0.2) is 54.6 Å².